The summed E-state index contributed by atoms with van der Waals surface area (Å²) >= 11 is 0. The van der Waals surface area contributed by atoms with Gasteiger partial charge in [0.15, 0.2) is 0 Å². The minimum absolute atomic E-state index is 0.200. The number of aryl methyl sites for hydroxylation is 1. The van der Waals surface area contributed by atoms with E-state index in [9.17, 15) is 4.79 Å². The second-order valence-corrected chi connectivity index (χ2v) is 5.87. The molecule has 1 amide bonds. The summed E-state index contributed by atoms with van der Waals surface area (Å²) < 4.78 is 0. The van der Waals surface area contributed by atoms with Crippen LogP contribution in [-0.2, 0) is 11.3 Å². The van der Waals surface area contributed by atoms with E-state index in [0.29, 0.717) is 11.9 Å². The Kier molecular flexibility index (Phi) is 3.56. The molecule has 2 fully saturated rings. The van der Waals surface area contributed by atoms with Crippen LogP contribution in [0.25, 0.3) is 0 Å². The number of nitrogens with one attached hydrogen (secondary N) is 1. The molecule has 1 aromatic rings. The third kappa shape index (κ3) is 2.98. The Balaban J connectivity index is 1.70. The van der Waals surface area contributed by atoms with Gasteiger partial charge in [0.05, 0.1) is 5.92 Å². The van der Waals surface area contributed by atoms with Gasteiger partial charge in [0, 0.05) is 19.1 Å². The van der Waals surface area contributed by atoms with E-state index in [2.05, 4.69) is 41.4 Å². The Morgan fingerprint density at radius 1 is 1.26 bits per heavy atom. The van der Waals surface area contributed by atoms with Crippen molar-refractivity contribution in [2.24, 2.45) is 5.92 Å². The maximum Gasteiger partial charge on any atom is 0.227 e. The molecule has 102 valence electrons. The monoisotopic (exact) mass is 258 g/mol. The number of carbonyl (C=O) groups excluding carboxylic acids is 1. The third-order valence-corrected chi connectivity index (χ3v) is 4.15. The Labute approximate surface area is 115 Å². The van der Waals surface area contributed by atoms with E-state index in [1.54, 1.807) is 0 Å². The largest absolute Gasteiger partial charge is 0.335 e. The van der Waals surface area contributed by atoms with Crippen molar-refractivity contribution in [3.05, 3.63) is 35.4 Å². The lowest BCUT2D eigenvalue weighted by Gasteiger charge is -2.25. The normalized spacial score (nSPS) is 22.5. The predicted octanol–water partition coefficient (Wildman–Crippen LogP) is 2.10. The first kappa shape index (κ1) is 12.7. The summed E-state index contributed by atoms with van der Waals surface area (Å²) in [7, 11) is 0. The van der Waals surface area contributed by atoms with Crippen LogP contribution in [0.3, 0.4) is 0 Å². The van der Waals surface area contributed by atoms with Crippen LogP contribution < -0.4 is 5.32 Å². The van der Waals surface area contributed by atoms with Crippen molar-refractivity contribution < 1.29 is 4.79 Å². The SMILES string of the molecule is Cc1ccc(CN(C(=O)C2CCNC2)C2CC2)cc1. The van der Waals surface area contributed by atoms with Crippen LogP contribution in [0.5, 0.6) is 0 Å². The molecule has 1 unspecified atom stereocenters. The fourth-order valence-electron chi connectivity index (χ4n) is 2.76. The zero-order chi connectivity index (χ0) is 13.2. The summed E-state index contributed by atoms with van der Waals surface area (Å²) in [4.78, 5) is 14.7. The molecule has 3 rings (SSSR count). The van der Waals surface area contributed by atoms with Gasteiger partial charge in [-0.25, -0.2) is 0 Å². The maximum absolute atomic E-state index is 12.6. The standard InChI is InChI=1S/C16H22N2O/c1-12-2-4-13(5-3-12)11-18(15-6-7-15)16(19)14-8-9-17-10-14/h2-5,14-15,17H,6-11H2,1H3. The van der Waals surface area contributed by atoms with E-state index in [-0.39, 0.29) is 5.92 Å². The summed E-state index contributed by atoms with van der Waals surface area (Å²) in [5.41, 5.74) is 2.52. The van der Waals surface area contributed by atoms with Crippen molar-refractivity contribution in [1.82, 2.24) is 10.2 Å². The first-order valence-electron chi connectivity index (χ1n) is 7.31. The first-order chi connectivity index (χ1) is 9.24. The van der Waals surface area contributed by atoms with Crippen molar-refractivity contribution in [3.63, 3.8) is 0 Å². The predicted molar refractivity (Wildman–Crippen MR) is 75.7 cm³/mol. The molecular weight excluding hydrogens is 236 g/mol. The molecule has 1 N–H and O–H groups in total. The number of nitrogens with zero attached hydrogens (tertiary/aromatic N) is 1. The highest BCUT2D eigenvalue weighted by Crippen LogP contribution is 2.30. The van der Waals surface area contributed by atoms with E-state index in [4.69, 9.17) is 0 Å². The Bertz CT molecular complexity index is 444. The average molecular weight is 258 g/mol. The van der Waals surface area contributed by atoms with Gasteiger partial charge in [0.1, 0.15) is 0 Å². The van der Waals surface area contributed by atoms with Crippen molar-refractivity contribution >= 4 is 5.91 Å². The van der Waals surface area contributed by atoms with Crippen LogP contribution in [0.4, 0.5) is 0 Å². The molecule has 3 heteroatoms. The van der Waals surface area contributed by atoms with Crippen LogP contribution in [0.15, 0.2) is 24.3 Å². The van der Waals surface area contributed by atoms with Crippen LogP contribution in [0.2, 0.25) is 0 Å². The number of benzene rings is 1. The van der Waals surface area contributed by atoms with Gasteiger partial charge in [0.2, 0.25) is 5.91 Å². The molecule has 3 nitrogen and oxygen atoms in total. The molecule has 19 heavy (non-hydrogen) atoms. The second-order valence-electron chi connectivity index (χ2n) is 5.87. The molecule has 0 aromatic heterocycles. The zero-order valence-electron chi connectivity index (χ0n) is 11.6. The molecule has 1 saturated heterocycles. The second kappa shape index (κ2) is 5.33. The van der Waals surface area contributed by atoms with Gasteiger partial charge in [-0.05, 0) is 38.3 Å². The Morgan fingerprint density at radius 2 is 2.00 bits per heavy atom. The zero-order valence-corrected chi connectivity index (χ0v) is 11.6. The fraction of sp³-hybridized carbons (Fsp3) is 0.562. The molecule has 1 atom stereocenters. The minimum Gasteiger partial charge on any atom is -0.335 e. The first-order valence-corrected chi connectivity index (χ1v) is 7.31. The quantitative estimate of drug-likeness (QED) is 0.897. The molecule has 0 radical (unpaired) electrons. The average Bonchev–Trinajstić information content (AvgIpc) is 3.11. The molecule has 1 aromatic carbocycles. The molecular formula is C16H22N2O. The molecule has 1 aliphatic carbocycles. The topological polar surface area (TPSA) is 32.3 Å². The lowest BCUT2D eigenvalue weighted by molar-refractivity contribution is -0.136. The van der Waals surface area contributed by atoms with Crippen molar-refractivity contribution in [1.29, 1.82) is 0 Å². The third-order valence-electron chi connectivity index (χ3n) is 4.15. The summed E-state index contributed by atoms with van der Waals surface area (Å²) in [5.74, 6) is 0.555. The number of carbonyl (C=O) groups is 1. The molecule has 1 aliphatic heterocycles. The van der Waals surface area contributed by atoms with Gasteiger partial charge in [-0.3, -0.25) is 4.79 Å². The number of rotatable bonds is 4. The van der Waals surface area contributed by atoms with Crippen LogP contribution in [0.1, 0.15) is 30.4 Å². The number of hydrogen-bond donors (Lipinski definition) is 1. The fourth-order valence-corrected chi connectivity index (χ4v) is 2.76. The van der Waals surface area contributed by atoms with Crippen LogP contribution in [-0.4, -0.2) is 29.9 Å². The van der Waals surface area contributed by atoms with Gasteiger partial charge in [-0.2, -0.15) is 0 Å². The summed E-state index contributed by atoms with van der Waals surface area (Å²) in [5, 5.41) is 3.29. The van der Waals surface area contributed by atoms with E-state index >= 15 is 0 Å². The summed E-state index contributed by atoms with van der Waals surface area (Å²) in [6, 6.07) is 9.04. The smallest absolute Gasteiger partial charge is 0.227 e. The molecule has 1 saturated carbocycles. The lowest BCUT2D eigenvalue weighted by Crippen LogP contribution is -2.38. The van der Waals surface area contributed by atoms with Crippen LogP contribution in [0, 0.1) is 12.8 Å². The van der Waals surface area contributed by atoms with Crippen LogP contribution >= 0.6 is 0 Å². The highest BCUT2D eigenvalue weighted by atomic mass is 16.2. The Morgan fingerprint density at radius 3 is 2.58 bits per heavy atom. The van der Waals surface area contributed by atoms with E-state index in [0.717, 1.165) is 26.1 Å². The van der Waals surface area contributed by atoms with Crippen molar-refractivity contribution in [2.45, 2.75) is 38.8 Å². The maximum atomic E-state index is 12.6. The highest BCUT2D eigenvalue weighted by Gasteiger charge is 2.36. The van der Waals surface area contributed by atoms with Gasteiger partial charge in [0.25, 0.3) is 0 Å². The Hall–Kier alpha value is -1.35. The van der Waals surface area contributed by atoms with Gasteiger partial charge in [-0.15, -0.1) is 0 Å². The summed E-state index contributed by atoms with van der Waals surface area (Å²) in [6.45, 7) is 4.72. The van der Waals surface area contributed by atoms with Gasteiger partial charge < -0.3 is 10.2 Å². The van der Waals surface area contributed by atoms with Crippen molar-refractivity contribution in [2.75, 3.05) is 13.1 Å². The van der Waals surface area contributed by atoms with E-state index in [1.165, 1.54) is 24.0 Å². The van der Waals surface area contributed by atoms with Gasteiger partial charge >= 0.3 is 0 Å². The van der Waals surface area contributed by atoms with E-state index in [1.807, 2.05) is 0 Å². The van der Waals surface area contributed by atoms with Crippen molar-refractivity contribution in [3.8, 4) is 0 Å². The molecule has 0 bridgehead atoms. The summed E-state index contributed by atoms with van der Waals surface area (Å²) in [6.07, 6.45) is 3.35. The number of hydrogen-bond acceptors (Lipinski definition) is 2. The molecule has 2 aliphatic rings. The molecule has 1 heterocycles. The van der Waals surface area contributed by atoms with Gasteiger partial charge in [-0.1, -0.05) is 29.8 Å². The minimum atomic E-state index is 0.200. The number of amides is 1. The lowest BCUT2D eigenvalue weighted by atomic mass is 10.1. The molecule has 0 spiro atoms. The van der Waals surface area contributed by atoms with E-state index < -0.39 is 0 Å². The highest BCUT2D eigenvalue weighted by molar-refractivity contribution is 5.80.